The van der Waals surface area contributed by atoms with E-state index in [1.165, 1.54) is 11.3 Å². The first-order valence-electron chi connectivity index (χ1n) is 7.88. The Morgan fingerprint density at radius 3 is 2.70 bits per heavy atom. The lowest BCUT2D eigenvalue weighted by Crippen LogP contribution is -2.32. The van der Waals surface area contributed by atoms with Crippen LogP contribution in [0.4, 0.5) is 0 Å². The molecular weight excluding hydrogens is 250 g/mol. The molecule has 0 fully saturated rings. The minimum Gasteiger partial charge on any atom is -0.367 e. The summed E-state index contributed by atoms with van der Waals surface area (Å²) in [5.74, 6) is 1.44. The molecule has 1 heterocycles. The van der Waals surface area contributed by atoms with Crippen molar-refractivity contribution in [3.8, 4) is 0 Å². The minimum atomic E-state index is -0.325. The molecule has 1 unspecified atom stereocenters. The van der Waals surface area contributed by atoms with Gasteiger partial charge in [-0.3, -0.25) is 0 Å². The van der Waals surface area contributed by atoms with Gasteiger partial charge in [-0.25, -0.2) is 9.97 Å². The molecule has 1 aliphatic rings. The van der Waals surface area contributed by atoms with Crippen LogP contribution >= 0.6 is 0 Å². The van der Waals surface area contributed by atoms with Gasteiger partial charge in [0.2, 0.25) is 0 Å². The highest BCUT2D eigenvalue weighted by molar-refractivity contribution is 5.23. The Kier molecular flexibility index (Phi) is 5.11. The molecule has 20 heavy (non-hydrogen) atoms. The molecular formula is C16H27N3O. The first-order valence-corrected chi connectivity index (χ1v) is 7.88. The second-order valence-corrected chi connectivity index (χ2v) is 5.64. The summed E-state index contributed by atoms with van der Waals surface area (Å²) in [6.45, 7) is 7.77. The van der Waals surface area contributed by atoms with Gasteiger partial charge in [0.05, 0.1) is 0 Å². The Hall–Kier alpha value is -1.00. The molecule has 1 aromatic rings. The summed E-state index contributed by atoms with van der Waals surface area (Å²) < 4.78 is 6.00. The fourth-order valence-electron chi connectivity index (χ4n) is 3.11. The third kappa shape index (κ3) is 2.86. The van der Waals surface area contributed by atoms with Crippen LogP contribution in [0.2, 0.25) is 0 Å². The molecule has 4 heteroatoms. The van der Waals surface area contributed by atoms with Crippen molar-refractivity contribution in [1.29, 1.82) is 0 Å². The van der Waals surface area contributed by atoms with Crippen LogP contribution in [-0.4, -0.2) is 23.1 Å². The van der Waals surface area contributed by atoms with E-state index in [0.717, 1.165) is 44.5 Å². The quantitative estimate of drug-likeness (QED) is 0.868. The normalized spacial score (nSPS) is 18.9. The highest BCUT2D eigenvalue weighted by Gasteiger charge is 2.33. The molecule has 2 rings (SSSR count). The molecule has 0 bridgehead atoms. The zero-order valence-electron chi connectivity index (χ0n) is 13.0. The van der Waals surface area contributed by atoms with Crippen LogP contribution in [0.25, 0.3) is 0 Å². The summed E-state index contributed by atoms with van der Waals surface area (Å²) in [6, 6.07) is 0. The third-order valence-electron chi connectivity index (χ3n) is 4.56. The van der Waals surface area contributed by atoms with E-state index in [4.69, 9.17) is 15.5 Å². The molecule has 0 aromatic carbocycles. The Labute approximate surface area is 122 Å². The van der Waals surface area contributed by atoms with E-state index in [2.05, 4.69) is 18.8 Å². The smallest absolute Gasteiger partial charge is 0.160 e. The average molecular weight is 277 g/mol. The number of ether oxygens (including phenoxy) is 1. The molecule has 0 saturated heterocycles. The topological polar surface area (TPSA) is 61.0 Å². The second-order valence-electron chi connectivity index (χ2n) is 5.64. The molecule has 1 aliphatic carbocycles. The monoisotopic (exact) mass is 277 g/mol. The zero-order chi connectivity index (χ0) is 14.6. The summed E-state index contributed by atoms with van der Waals surface area (Å²) in [5.41, 5.74) is 7.93. The molecule has 2 N–H and O–H groups in total. The number of hydrogen-bond acceptors (Lipinski definition) is 4. The molecule has 0 amide bonds. The number of nitrogens with two attached hydrogens (primary N) is 1. The summed E-state index contributed by atoms with van der Waals surface area (Å²) in [6.07, 6.45) is 6.98. The van der Waals surface area contributed by atoms with Gasteiger partial charge < -0.3 is 10.5 Å². The number of rotatable bonds is 6. The van der Waals surface area contributed by atoms with E-state index in [0.29, 0.717) is 12.5 Å². The van der Waals surface area contributed by atoms with Crippen LogP contribution in [0.15, 0.2) is 6.20 Å². The lowest BCUT2D eigenvalue weighted by atomic mass is 9.87. The maximum Gasteiger partial charge on any atom is 0.160 e. The lowest BCUT2D eigenvalue weighted by Gasteiger charge is -2.31. The Morgan fingerprint density at radius 1 is 1.35 bits per heavy atom. The van der Waals surface area contributed by atoms with Gasteiger partial charge in [-0.15, -0.1) is 0 Å². The predicted molar refractivity (Wildman–Crippen MR) is 80.5 cm³/mol. The van der Waals surface area contributed by atoms with Crippen LogP contribution in [-0.2, 0) is 23.2 Å². The van der Waals surface area contributed by atoms with Crippen molar-refractivity contribution < 1.29 is 4.74 Å². The molecule has 0 radical (unpaired) electrons. The minimum absolute atomic E-state index is 0.325. The highest BCUT2D eigenvalue weighted by atomic mass is 16.5. The standard InChI is InChI=1S/C16H27N3O/c1-4-16(5-2,20-6-3)15-18-11-13-9-12(10-17)7-8-14(13)19-15/h11-12H,4-10,17H2,1-3H3. The Morgan fingerprint density at radius 2 is 2.10 bits per heavy atom. The van der Waals surface area contributed by atoms with Gasteiger partial charge in [0, 0.05) is 18.5 Å². The highest BCUT2D eigenvalue weighted by Crippen LogP contribution is 2.32. The summed E-state index contributed by atoms with van der Waals surface area (Å²) in [4.78, 5) is 9.45. The van der Waals surface area contributed by atoms with Crippen molar-refractivity contribution in [1.82, 2.24) is 9.97 Å². The summed E-state index contributed by atoms with van der Waals surface area (Å²) in [5, 5.41) is 0. The van der Waals surface area contributed by atoms with Crippen LogP contribution in [0.1, 0.15) is 57.1 Å². The van der Waals surface area contributed by atoms with Gasteiger partial charge >= 0.3 is 0 Å². The van der Waals surface area contributed by atoms with Crippen molar-refractivity contribution in [2.45, 2.75) is 58.5 Å². The molecule has 0 spiro atoms. The summed E-state index contributed by atoms with van der Waals surface area (Å²) in [7, 11) is 0. The maximum atomic E-state index is 6.00. The van der Waals surface area contributed by atoms with Crippen molar-refractivity contribution in [2.75, 3.05) is 13.2 Å². The van der Waals surface area contributed by atoms with E-state index in [-0.39, 0.29) is 5.60 Å². The molecule has 1 aromatic heterocycles. The largest absolute Gasteiger partial charge is 0.367 e. The number of aromatic nitrogens is 2. The predicted octanol–water partition coefficient (Wildman–Crippen LogP) is 2.59. The fourth-order valence-corrected chi connectivity index (χ4v) is 3.11. The molecule has 112 valence electrons. The summed E-state index contributed by atoms with van der Waals surface area (Å²) >= 11 is 0. The lowest BCUT2D eigenvalue weighted by molar-refractivity contribution is -0.0573. The average Bonchev–Trinajstić information content (AvgIpc) is 2.51. The van der Waals surface area contributed by atoms with Gasteiger partial charge in [-0.2, -0.15) is 0 Å². The van der Waals surface area contributed by atoms with Crippen molar-refractivity contribution in [2.24, 2.45) is 11.7 Å². The van der Waals surface area contributed by atoms with Gasteiger partial charge in [0.25, 0.3) is 0 Å². The van der Waals surface area contributed by atoms with Gasteiger partial charge in [-0.1, -0.05) is 13.8 Å². The van der Waals surface area contributed by atoms with Crippen LogP contribution in [0, 0.1) is 5.92 Å². The molecule has 0 aliphatic heterocycles. The number of fused-ring (bicyclic) bond motifs is 1. The van der Waals surface area contributed by atoms with E-state index in [9.17, 15) is 0 Å². The fraction of sp³-hybridized carbons (Fsp3) is 0.750. The number of nitrogens with zero attached hydrogens (tertiary/aromatic N) is 2. The van der Waals surface area contributed by atoms with E-state index >= 15 is 0 Å². The third-order valence-corrected chi connectivity index (χ3v) is 4.56. The van der Waals surface area contributed by atoms with Gasteiger partial charge in [0.15, 0.2) is 5.82 Å². The molecule has 4 nitrogen and oxygen atoms in total. The van der Waals surface area contributed by atoms with Crippen LogP contribution < -0.4 is 5.73 Å². The van der Waals surface area contributed by atoms with E-state index < -0.39 is 0 Å². The van der Waals surface area contributed by atoms with E-state index in [1.54, 1.807) is 0 Å². The van der Waals surface area contributed by atoms with Crippen LogP contribution in [0.3, 0.4) is 0 Å². The Bertz CT molecular complexity index is 443. The van der Waals surface area contributed by atoms with Crippen molar-refractivity contribution in [3.63, 3.8) is 0 Å². The first kappa shape index (κ1) is 15.4. The van der Waals surface area contributed by atoms with Gasteiger partial charge in [0.1, 0.15) is 5.60 Å². The van der Waals surface area contributed by atoms with Crippen LogP contribution in [0.5, 0.6) is 0 Å². The second kappa shape index (κ2) is 6.64. The molecule has 1 atom stereocenters. The Balaban J connectivity index is 2.30. The van der Waals surface area contributed by atoms with Gasteiger partial charge in [-0.05, 0) is 57.1 Å². The first-order chi connectivity index (χ1) is 9.69. The maximum absolute atomic E-state index is 6.00. The van der Waals surface area contributed by atoms with Crippen molar-refractivity contribution >= 4 is 0 Å². The number of hydrogen-bond donors (Lipinski definition) is 1. The SMILES string of the molecule is CCOC(CC)(CC)c1ncc2c(n1)CCC(CN)C2. The number of aryl methyl sites for hydroxylation is 1. The zero-order valence-corrected chi connectivity index (χ0v) is 13.0. The molecule has 0 saturated carbocycles. The van der Waals surface area contributed by atoms with E-state index in [1.807, 2.05) is 13.1 Å². The van der Waals surface area contributed by atoms with Crippen molar-refractivity contribution in [3.05, 3.63) is 23.3 Å².